The number of benzene rings is 1. The third-order valence-corrected chi connectivity index (χ3v) is 3.66. The number of hydrogen-bond acceptors (Lipinski definition) is 2. The summed E-state index contributed by atoms with van der Waals surface area (Å²) in [5, 5.41) is 0. The van der Waals surface area contributed by atoms with E-state index in [2.05, 4.69) is 4.90 Å². The Morgan fingerprint density at radius 2 is 1.89 bits per heavy atom. The van der Waals surface area contributed by atoms with E-state index in [1.54, 1.807) is 0 Å². The normalized spacial score (nSPS) is 20.7. The maximum atomic E-state index is 13.6. The van der Waals surface area contributed by atoms with E-state index in [1.807, 2.05) is 0 Å². The molecule has 1 aliphatic rings. The Bertz CT molecular complexity index is 435. The zero-order valence-corrected chi connectivity index (χ0v) is 10.8. The highest BCUT2D eigenvalue weighted by atomic mass is 19.2. The van der Waals surface area contributed by atoms with Crippen molar-refractivity contribution < 1.29 is 13.2 Å². The SMILES string of the molecule is NCCC1CCCN(Cc2cc(F)c(F)cc2F)C1. The molecule has 1 aliphatic heterocycles. The fraction of sp³-hybridized carbons (Fsp3) is 0.571. The van der Waals surface area contributed by atoms with E-state index in [-0.39, 0.29) is 5.56 Å². The molecule has 2 nitrogen and oxygen atoms in total. The van der Waals surface area contributed by atoms with Crippen molar-refractivity contribution in [3.63, 3.8) is 0 Å². The van der Waals surface area contributed by atoms with Gasteiger partial charge in [-0.05, 0) is 44.3 Å². The summed E-state index contributed by atoms with van der Waals surface area (Å²) in [6.45, 7) is 2.68. The second-order valence-electron chi connectivity index (χ2n) is 5.18. The van der Waals surface area contributed by atoms with Crippen LogP contribution in [0.2, 0.25) is 0 Å². The number of rotatable bonds is 4. The quantitative estimate of drug-likeness (QED) is 0.854. The Labute approximate surface area is 111 Å². The Morgan fingerprint density at radius 1 is 1.16 bits per heavy atom. The van der Waals surface area contributed by atoms with Gasteiger partial charge in [0.2, 0.25) is 0 Å². The van der Waals surface area contributed by atoms with Gasteiger partial charge in [0.15, 0.2) is 11.6 Å². The van der Waals surface area contributed by atoms with E-state index >= 15 is 0 Å². The molecular weight excluding hydrogens is 253 g/mol. The summed E-state index contributed by atoms with van der Waals surface area (Å²) in [5.74, 6) is -2.29. The molecule has 106 valence electrons. The highest BCUT2D eigenvalue weighted by Gasteiger charge is 2.21. The first kappa shape index (κ1) is 14.3. The maximum absolute atomic E-state index is 13.6. The Kier molecular flexibility index (Phi) is 4.82. The van der Waals surface area contributed by atoms with Crippen molar-refractivity contribution in [2.24, 2.45) is 11.7 Å². The van der Waals surface area contributed by atoms with Crippen molar-refractivity contribution in [3.8, 4) is 0 Å². The van der Waals surface area contributed by atoms with Crippen molar-refractivity contribution in [1.82, 2.24) is 4.90 Å². The van der Waals surface area contributed by atoms with Crippen LogP contribution in [0.1, 0.15) is 24.8 Å². The molecule has 0 aliphatic carbocycles. The van der Waals surface area contributed by atoms with Crippen LogP contribution in [0.4, 0.5) is 13.2 Å². The molecule has 1 heterocycles. The van der Waals surface area contributed by atoms with Crippen molar-refractivity contribution in [2.75, 3.05) is 19.6 Å². The standard InChI is InChI=1S/C14H19F3N2/c15-12-7-14(17)13(16)6-11(12)9-19-5-1-2-10(8-19)3-4-18/h6-7,10H,1-5,8-9,18H2. The monoisotopic (exact) mass is 272 g/mol. The van der Waals surface area contributed by atoms with Gasteiger partial charge in [0.25, 0.3) is 0 Å². The van der Waals surface area contributed by atoms with Gasteiger partial charge in [-0.15, -0.1) is 0 Å². The van der Waals surface area contributed by atoms with Crippen LogP contribution in [0.5, 0.6) is 0 Å². The van der Waals surface area contributed by atoms with Gasteiger partial charge in [-0.25, -0.2) is 13.2 Å². The molecule has 1 aromatic rings. The van der Waals surface area contributed by atoms with Crippen LogP contribution in [0, 0.1) is 23.4 Å². The number of piperidine rings is 1. The lowest BCUT2D eigenvalue weighted by molar-refractivity contribution is 0.161. The van der Waals surface area contributed by atoms with Crippen LogP contribution < -0.4 is 5.73 Å². The van der Waals surface area contributed by atoms with Crippen molar-refractivity contribution in [2.45, 2.75) is 25.8 Å². The Morgan fingerprint density at radius 3 is 2.63 bits per heavy atom. The maximum Gasteiger partial charge on any atom is 0.161 e. The van der Waals surface area contributed by atoms with Gasteiger partial charge in [-0.2, -0.15) is 0 Å². The molecule has 0 saturated carbocycles. The second-order valence-corrected chi connectivity index (χ2v) is 5.18. The smallest absolute Gasteiger partial charge is 0.161 e. The first-order valence-electron chi connectivity index (χ1n) is 6.66. The van der Waals surface area contributed by atoms with Gasteiger partial charge in [0.05, 0.1) is 0 Å². The molecule has 0 bridgehead atoms. The summed E-state index contributed by atoms with van der Waals surface area (Å²) >= 11 is 0. The number of nitrogens with zero attached hydrogens (tertiary/aromatic N) is 1. The molecule has 1 unspecified atom stereocenters. The Hall–Kier alpha value is -1.07. The summed E-state index contributed by atoms with van der Waals surface area (Å²) in [4.78, 5) is 2.08. The van der Waals surface area contributed by atoms with Crippen LogP contribution in [-0.2, 0) is 6.54 Å². The van der Waals surface area contributed by atoms with Gasteiger partial charge >= 0.3 is 0 Å². The fourth-order valence-electron chi connectivity index (χ4n) is 2.69. The average molecular weight is 272 g/mol. The minimum absolute atomic E-state index is 0.215. The summed E-state index contributed by atoms with van der Waals surface area (Å²) in [6.07, 6.45) is 3.13. The van der Waals surface area contributed by atoms with Crippen molar-refractivity contribution in [1.29, 1.82) is 0 Å². The van der Waals surface area contributed by atoms with E-state index < -0.39 is 17.5 Å². The molecule has 0 spiro atoms. The van der Waals surface area contributed by atoms with Crippen LogP contribution in [0.25, 0.3) is 0 Å². The van der Waals surface area contributed by atoms with Crippen LogP contribution in [-0.4, -0.2) is 24.5 Å². The third kappa shape index (κ3) is 3.70. The second kappa shape index (κ2) is 6.39. The molecule has 1 aromatic carbocycles. The lowest BCUT2D eigenvalue weighted by Gasteiger charge is -2.32. The largest absolute Gasteiger partial charge is 0.330 e. The van der Waals surface area contributed by atoms with E-state index in [4.69, 9.17) is 5.73 Å². The third-order valence-electron chi connectivity index (χ3n) is 3.66. The number of halogens is 3. The van der Waals surface area contributed by atoms with E-state index in [0.29, 0.717) is 25.1 Å². The molecule has 19 heavy (non-hydrogen) atoms. The summed E-state index contributed by atoms with van der Waals surface area (Å²) in [6, 6.07) is 1.57. The van der Waals surface area contributed by atoms with Crippen molar-refractivity contribution >= 4 is 0 Å². The molecule has 2 N–H and O–H groups in total. The van der Waals surface area contributed by atoms with Gasteiger partial charge in [-0.3, -0.25) is 4.90 Å². The zero-order chi connectivity index (χ0) is 13.8. The molecule has 0 aromatic heterocycles. The van der Waals surface area contributed by atoms with Crippen LogP contribution in [0.15, 0.2) is 12.1 Å². The lowest BCUT2D eigenvalue weighted by atomic mass is 9.94. The number of likely N-dealkylation sites (tertiary alicyclic amines) is 1. The first-order chi connectivity index (χ1) is 9.10. The highest BCUT2D eigenvalue weighted by Crippen LogP contribution is 2.22. The topological polar surface area (TPSA) is 29.3 Å². The minimum Gasteiger partial charge on any atom is -0.330 e. The average Bonchev–Trinajstić information content (AvgIpc) is 2.37. The fourth-order valence-corrected chi connectivity index (χ4v) is 2.69. The number of hydrogen-bond donors (Lipinski definition) is 1. The number of nitrogens with two attached hydrogens (primary N) is 1. The molecular formula is C14H19F3N2. The van der Waals surface area contributed by atoms with Gasteiger partial charge in [0.1, 0.15) is 5.82 Å². The van der Waals surface area contributed by atoms with Crippen LogP contribution >= 0.6 is 0 Å². The molecule has 1 saturated heterocycles. The summed E-state index contributed by atoms with van der Waals surface area (Å²) < 4.78 is 39.6. The molecule has 0 radical (unpaired) electrons. The molecule has 5 heteroatoms. The Balaban J connectivity index is 2.02. The highest BCUT2D eigenvalue weighted by molar-refractivity contribution is 5.20. The zero-order valence-electron chi connectivity index (χ0n) is 10.8. The minimum atomic E-state index is -1.14. The van der Waals surface area contributed by atoms with Gasteiger partial charge in [0, 0.05) is 24.7 Å². The van der Waals surface area contributed by atoms with E-state index in [9.17, 15) is 13.2 Å². The summed E-state index contributed by atoms with van der Waals surface area (Å²) in [5.41, 5.74) is 5.76. The predicted octanol–water partition coefficient (Wildman–Crippen LogP) is 2.66. The van der Waals surface area contributed by atoms with Crippen LogP contribution in [0.3, 0.4) is 0 Å². The molecule has 1 atom stereocenters. The van der Waals surface area contributed by atoms with Gasteiger partial charge in [-0.1, -0.05) is 0 Å². The molecule has 1 fully saturated rings. The van der Waals surface area contributed by atoms with E-state index in [0.717, 1.165) is 38.4 Å². The molecule has 0 amide bonds. The molecule has 2 rings (SSSR count). The summed E-state index contributed by atoms with van der Waals surface area (Å²) in [7, 11) is 0. The lowest BCUT2D eigenvalue weighted by Crippen LogP contribution is -2.36. The predicted molar refractivity (Wildman–Crippen MR) is 68.0 cm³/mol. The van der Waals surface area contributed by atoms with Gasteiger partial charge < -0.3 is 5.73 Å². The first-order valence-corrected chi connectivity index (χ1v) is 6.66. The van der Waals surface area contributed by atoms with Crippen molar-refractivity contribution in [3.05, 3.63) is 35.1 Å². The van der Waals surface area contributed by atoms with E-state index in [1.165, 1.54) is 0 Å².